The van der Waals surface area contributed by atoms with Crippen molar-refractivity contribution in [1.82, 2.24) is 20.4 Å². The number of ether oxygens (including phenoxy) is 2. The van der Waals surface area contributed by atoms with Gasteiger partial charge in [-0.05, 0) is 35.7 Å². The van der Waals surface area contributed by atoms with E-state index in [9.17, 15) is 4.79 Å². The fourth-order valence-electron chi connectivity index (χ4n) is 3.13. The number of pyridine rings is 1. The molecule has 3 aromatic rings. The minimum Gasteiger partial charge on any atom is -0.486 e. The van der Waals surface area contributed by atoms with Gasteiger partial charge in [-0.25, -0.2) is 0 Å². The first kappa shape index (κ1) is 20.3. The first-order chi connectivity index (χ1) is 14.5. The molecule has 0 aliphatic carbocycles. The van der Waals surface area contributed by atoms with Crippen molar-refractivity contribution in [2.75, 3.05) is 13.2 Å². The Morgan fingerprint density at radius 1 is 1.17 bits per heavy atom. The lowest BCUT2D eigenvalue weighted by atomic mass is 10.0. The quantitative estimate of drug-likeness (QED) is 0.583. The van der Waals surface area contributed by atoms with Crippen LogP contribution in [-0.4, -0.2) is 34.2 Å². The maximum atomic E-state index is 12.8. The minimum atomic E-state index is -0.406. The van der Waals surface area contributed by atoms with Gasteiger partial charge in [0, 0.05) is 22.4 Å². The molecule has 1 aliphatic heterocycles. The van der Waals surface area contributed by atoms with Crippen LogP contribution in [0.5, 0.6) is 11.5 Å². The summed E-state index contributed by atoms with van der Waals surface area (Å²) >= 11 is 3.51. The smallest absolute Gasteiger partial charge is 0.249 e. The van der Waals surface area contributed by atoms with Crippen molar-refractivity contribution >= 4 is 21.8 Å². The van der Waals surface area contributed by atoms with Crippen molar-refractivity contribution in [2.24, 2.45) is 5.92 Å². The van der Waals surface area contributed by atoms with Gasteiger partial charge in [0.1, 0.15) is 19.3 Å². The van der Waals surface area contributed by atoms with E-state index in [-0.39, 0.29) is 18.2 Å². The van der Waals surface area contributed by atoms with Gasteiger partial charge in [-0.15, -0.1) is 0 Å². The summed E-state index contributed by atoms with van der Waals surface area (Å²) in [6, 6.07) is 6.86. The van der Waals surface area contributed by atoms with Gasteiger partial charge in [0.25, 0.3) is 0 Å². The molecule has 4 rings (SSSR count). The van der Waals surface area contributed by atoms with Crippen molar-refractivity contribution in [1.29, 1.82) is 0 Å². The van der Waals surface area contributed by atoms with Crippen LogP contribution in [-0.2, 0) is 11.2 Å². The Morgan fingerprint density at radius 2 is 1.87 bits per heavy atom. The molecule has 1 aromatic carbocycles. The third-order valence-electron chi connectivity index (χ3n) is 4.69. The van der Waals surface area contributed by atoms with Crippen LogP contribution in [0, 0.1) is 5.92 Å². The third-order valence-corrected chi connectivity index (χ3v) is 5.43. The van der Waals surface area contributed by atoms with E-state index in [0.717, 1.165) is 15.6 Å². The summed E-state index contributed by atoms with van der Waals surface area (Å²) in [6.45, 7) is 4.98. The van der Waals surface area contributed by atoms with Crippen LogP contribution >= 0.6 is 15.9 Å². The SMILES string of the molecule is CC(C)C(NC(=O)Cc1cc2c(cc1Br)OCCO2)c1nc(-c2ccncc2)no1. The summed E-state index contributed by atoms with van der Waals surface area (Å²) in [7, 11) is 0. The highest BCUT2D eigenvalue weighted by Gasteiger charge is 2.25. The molecule has 8 nitrogen and oxygen atoms in total. The van der Waals surface area contributed by atoms with E-state index in [1.165, 1.54) is 0 Å². The fraction of sp³-hybridized carbons (Fsp3) is 0.333. The summed E-state index contributed by atoms with van der Waals surface area (Å²) in [5.74, 6) is 2.05. The molecule has 1 aliphatic rings. The second-order valence-electron chi connectivity index (χ2n) is 7.25. The van der Waals surface area contributed by atoms with Crippen LogP contribution < -0.4 is 14.8 Å². The Morgan fingerprint density at radius 3 is 2.57 bits per heavy atom. The predicted octanol–water partition coefficient (Wildman–Crippen LogP) is 3.72. The van der Waals surface area contributed by atoms with Crippen LogP contribution in [0.1, 0.15) is 31.3 Å². The van der Waals surface area contributed by atoms with Gasteiger partial charge >= 0.3 is 0 Å². The molecular weight excluding hydrogens is 452 g/mol. The average molecular weight is 473 g/mol. The number of fused-ring (bicyclic) bond motifs is 1. The van der Waals surface area contributed by atoms with E-state index in [1.54, 1.807) is 24.5 Å². The Bertz CT molecular complexity index is 1040. The number of halogens is 1. The summed E-state index contributed by atoms with van der Waals surface area (Å²) < 4.78 is 17.4. The molecule has 30 heavy (non-hydrogen) atoms. The topological polar surface area (TPSA) is 99.4 Å². The average Bonchev–Trinajstić information content (AvgIpc) is 3.23. The van der Waals surface area contributed by atoms with Crippen molar-refractivity contribution in [3.8, 4) is 22.9 Å². The van der Waals surface area contributed by atoms with Crippen LogP contribution in [0.15, 0.2) is 45.7 Å². The van der Waals surface area contributed by atoms with E-state index in [2.05, 4.69) is 36.4 Å². The van der Waals surface area contributed by atoms with E-state index < -0.39 is 6.04 Å². The predicted molar refractivity (Wildman–Crippen MR) is 112 cm³/mol. The Kier molecular flexibility index (Phi) is 5.98. The summed E-state index contributed by atoms with van der Waals surface area (Å²) in [6.07, 6.45) is 3.50. The molecule has 156 valence electrons. The number of rotatable bonds is 6. The lowest BCUT2D eigenvalue weighted by Crippen LogP contribution is -2.33. The van der Waals surface area contributed by atoms with E-state index in [0.29, 0.717) is 36.4 Å². The highest BCUT2D eigenvalue weighted by molar-refractivity contribution is 9.10. The van der Waals surface area contributed by atoms with Gasteiger partial charge in [-0.3, -0.25) is 9.78 Å². The maximum Gasteiger partial charge on any atom is 0.249 e. The molecule has 1 N–H and O–H groups in total. The number of amides is 1. The molecule has 0 bridgehead atoms. The monoisotopic (exact) mass is 472 g/mol. The number of nitrogens with zero attached hydrogens (tertiary/aromatic N) is 3. The zero-order valence-electron chi connectivity index (χ0n) is 16.6. The molecular formula is C21H21BrN4O4. The highest BCUT2D eigenvalue weighted by atomic mass is 79.9. The molecule has 1 atom stereocenters. The molecule has 0 spiro atoms. The van der Waals surface area contributed by atoms with E-state index in [1.807, 2.05) is 26.0 Å². The van der Waals surface area contributed by atoms with E-state index in [4.69, 9.17) is 14.0 Å². The van der Waals surface area contributed by atoms with Gasteiger partial charge in [0.2, 0.25) is 17.6 Å². The molecule has 1 unspecified atom stereocenters. The van der Waals surface area contributed by atoms with Crippen molar-refractivity contribution in [3.63, 3.8) is 0 Å². The molecule has 9 heteroatoms. The van der Waals surface area contributed by atoms with Crippen LogP contribution in [0.25, 0.3) is 11.4 Å². The lowest BCUT2D eigenvalue weighted by Gasteiger charge is -2.21. The second-order valence-corrected chi connectivity index (χ2v) is 8.10. The third kappa shape index (κ3) is 4.46. The Labute approximate surface area is 182 Å². The molecule has 2 aromatic heterocycles. The minimum absolute atomic E-state index is 0.0587. The highest BCUT2D eigenvalue weighted by Crippen LogP contribution is 2.36. The van der Waals surface area contributed by atoms with Gasteiger partial charge in [-0.1, -0.05) is 34.9 Å². The Balaban J connectivity index is 1.49. The summed E-state index contributed by atoms with van der Waals surface area (Å²) in [5, 5.41) is 7.05. The van der Waals surface area contributed by atoms with Crippen LogP contribution in [0.4, 0.5) is 0 Å². The number of benzene rings is 1. The second kappa shape index (κ2) is 8.83. The van der Waals surface area contributed by atoms with Crippen molar-refractivity contribution in [3.05, 3.63) is 52.6 Å². The Hall–Kier alpha value is -2.94. The van der Waals surface area contributed by atoms with Gasteiger partial charge < -0.3 is 19.3 Å². The molecule has 3 heterocycles. The first-order valence-corrected chi connectivity index (χ1v) is 10.4. The maximum absolute atomic E-state index is 12.8. The molecule has 0 fully saturated rings. The van der Waals surface area contributed by atoms with Crippen LogP contribution in [0.2, 0.25) is 0 Å². The number of carbonyl (C=O) groups is 1. The lowest BCUT2D eigenvalue weighted by molar-refractivity contribution is -0.121. The fourth-order valence-corrected chi connectivity index (χ4v) is 3.59. The molecule has 0 radical (unpaired) electrons. The van der Waals surface area contributed by atoms with Crippen molar-refractivity contribution < 1.29 is 18.8 Å². The van der Waals surface area contributed by atoms with E-state index >= 15 is 0 Å². The summed E-state index contributed by atoms with van der Waals surface area (Å²) in [4.78, 5) is 21.3. The standard InChI is InChI=1S/C21H21BrN4O4/c1-12(2)19(21-25-20(26-30-21)13-3-5-23-6-4-13)24-18(27)10-14-9-16-17(11-15(14)22)29-8-7-28-16/h3-6,9,11-12,19H,7-8,10H2,1-2H3,(H,24,27). The van der Waals surface area contributed by atoms with Gasteiger partial charge in [-0.2, -0.15) is 4.98 Å². The molecule has 0 saturated carbocycles. The zero-order chi connectivity index (χ0) is 21.1. The number of aromatic nitrogens is 3. The first-order valence-electron chi connectivity index (χ1n) is 9.62. The number of hydrogen-bond acceptors (Lipinski definition) is 7. The zero-order valence-corrected chi connectivity index (χ0v) is 18.2. The normalized spacial score (nSPS) is 13.9. The largest absolute Gasteiger partial charge is 0.486 e. The summed E-state index contributed by atoms with van der Waals surface area (Å²) in [5.41, 5.74) is 1.61. The van der Waals surface area contributed by atoms with Gasteiger partial charge in [0.15, 0.2) is 11.5 Å². The van der Waals surface area contributed by atoms with Gasteiger partial charge in [0.05, 0.1) is 6.42 Å². The number of carbonyl (C=O) groups excluding carboxylic acids is 1. The van der Waals surface area contributed by atoms with Crippen molar-refractivity contribution in [2.45, 2.75) is 26.3 Å². The molecule has 0 saturated heterocycles. The molecule has 1 amide bonds. The number of hydrogen-bond donors (Lipinski definition) is 1. The van der Waals surface area contributed by atoms with Crippen LogP contribution in [0.3, 0.4) is 0 Å². The number of nitrogens with one attached hydrogen (secondary N) is 1.